The fraction of sp³-hybridized carbons (Fsp3) is 0.312. The first-order valence-electron chi connectivity index (χ1n) is 7.48. The minimum atomic E-state index is -7.00. The largest absolute Gasteiger partial charge is 0.464 e. The Kier molecular flexibility index (Phi) is 5.68. The summed E-state index contributed by atoms with van der Waals surface area (Å²) < 4.78 is 107. The number of hydrogen-bond donors (Lipinski definition) is 1. The van der Waals surface area contributed by atoms with E-state index < -0.39 is 39.8 Å². The lowest BCUT2D eigenvalue weighted by atomic mass is 10.0. The van der Waals surface area contributed by atoms with Crippen LogP contribution in [0.3, 0.4) is 0 Å². The fourth-order valence-electron chi connectivity index (χ4n) is 2.66. The minimum Gasteiger partial charge on any atom is -0.464 e. The van der Waals surface area contributed by atoms with Crippen molar-refractivity contribution in [3.05, 3.63) is 48.0 Å². The van der Waals surface area contributed by atoms with Gasteiger partial charge in [-0.3, -0.25) is 4.55 Å². The molecule has 154 valence electrons. The van der Waals surface area contributed by atoms with E-state index in [1.807, 2.05) is 0 Å². The number of fused-ring (bicyclic) bond motifs is 1. The van der Waals surface area contributed by atoms with Crippen molar-refractivity contribution in [1.29, 1.82) is 0 Å². The zero-order chi connectivity index (χ0) is 21.4. The lowest BCUT2D eigenvalue weighted by Crippen LogP contribution is -2.67. The maximum atomic E-state index is 13.0. The van der Waals surface area contributed by atoms with Crippen LogP contribution in [0.2, 0.25) is 0 Å². The Balaban J connectivity index is 2.32. The van der Waals surface area contributed by atoms with Gasteiger partial charge in [0.05, 0.1) is 6.61 Å². The van der Waals surface area contributed by atoms with E-state index >= 15 is 0 Å². The van der Waals surface area contributed by atoms with Crippen LogP contribution < -0.4 is 0 Å². The molecule has 0 aliphatic carbocycles. The third-order valence-electron chi connectivity index (χ3n) is 3.96. The lowest BCUT2D eigenvalue weighted by Gasteiger charge is -2.31. The van der Waals surface area contributed by atoms with Gasteiger partial charge in [-0.25, -0.2) is 4.79 Å². The Morgan fingerprint density at radius 3 is 2.00 bits per heavy atom. The van der Waals surface area contributed by atoms with Gasteiger partial charge in [-0.05, 0) is 16.3 Å². The molecule has 12 heteroatoms. The third kappa shape index (κ3) is 3.65. The maximum Gasteiger partial charge on any atom is 0.430 e. The highest BCUT2D eigenvalue weighted by atomic mass is 32.2. The number of rotatable bonds is 5. The number of hydrogen-bond acceptors (Lipinski definition) is 4. The highest BCUT2D eigenvalue weighted by molar-refractivity contribution is 7.88. The summed E-state index contributed by atoms with van der Waals surface area (Å²) in [6, 6.07) is 11.5. The molecule has 0 unspecified atom stereocenters. The van der Waals surface area contributed by atoms with Gasteiger partial charge < -0.3 is 4.74 Å². The van der Waals surface area contributed by atoms with Crippen LogP contribution in [-0.2, 0) is 26.1 Å². The van der Waals surface area contributed by atoms with Crippen molar-refractivity contribution in [2.45, 2.75) is 23.5 Å². The summed E-state index contributed by atoms with van der Waals surface area (Å²) in [6.45, 7) is -0.976. The van der Waals surface area contributed by atoms with Crippen molar-refractivity contribution in [2.24, 2.45) is 0 Å². The van der Waals surface area contributed by atoms with E-state index in [4.69, 9.17) is 4.55 Å². The van der Waals surface area contributed by atoms with Gasteiger partial charge in [0.25, 0.3) is 0 Å². The molecule has 2 aromatic rings. The van der Waals surface area contributed by atoms with Crippen molar-refractivity contribution < 1.29 is 48.8 Å². The molecule has 5 nitrogen and oxygen atoms in total. The molecule has 0 heterocycles. The number of carbonyl (C=O) groups excluding carboxylic acids is 1. The van der Waals surface area contributed by atoms with Crippen LogP contribution in [-0.4, -0.2) is 42.6 Å². The molecular weight excluding hydrogens is 418 g/mol. The van der Waals surface area contributed by atoms with Crippen molar-refractivity contribution >= 4 is 26.9 Å². The number of benzene rings is 2. The van der Waals surface area contributed by atoms with Gasteiger partial charge in [0.15, 0.2) is 0 Å². The standard InChI is InChI=1S/C16H12F6O5S/c17-15(18,19)14(16(20,21)22,28(24,25)26)13(23)27-9-8-11-6-3-5-10-4-1-2-7-12(10)11/h1-7H,8-9H2,(H,24,25,26). The second-order valence-electron chi connectivity index (χ2n) is 5.68. The summed E-state index contributed by atoms with van der Waals surface area (Å²) in [6.07, 6.45) is -13.7. The zero-order valence-corrected chi connectivity index (χ0v) is 14.5. The molecule has 0 saturated heterocycles. The fourth-order valence-corrected chi connectivity index (χ4v) is 3.51. The molecule has 2 rings (SSSR count). The minimum absolute atomic E-state index is 0.287. The van der Waals surface area contributed by atoms with E-state index in [0.29, 0.717) is 10.9 Å². The summed E-state index contributed by atoms with van der Waals surface area (Å²) in [4.78, 5) is 11.7. The van der Waals surface area contributed by atoms with Crippen molar-refractivity contribution in [1.82, 2.24) is 0 Å². The van der Waals surface area contributed by atoms with Gasteiger partial charge in [0.2, 0.25) is 0 Å². The predicted octanol–water partition coefficient (Wildman–Crippen LogP) is 3.68. The first-order valence-corrected chi connectivity index (χ1v) is 8.92. The Morgan fingerprint density at radius 2 is 1.46 bits per heavy atom. The summed E-state index contributed by atoms with van der Waals surface area (Å²) in [5, 5.41) is 1.35. The predicted molar refractivity (Wildman–Crippen MR) is 85.0 cm³/mol. The first-order chi connectivity index (χ1) is 12.7. The van der Waals surface area contributed by atoms with E-state index in [1.165, 1.54) is 6.07 Å². The van der Waals surface area contributed by atoms with Gasteiger partial charge in [-0.1, -0.05) is 42.5 Å². The Morgan fingerprint density at radius 1 is 0.929 bits per heavy atom. The van der Waals surface area contributed by atoms with Gasteiger partial charge in [-0.2, -0.15) is 34.8 Å². The van der Waals surface area contributed by atoms with Crippen molar-refractivity contribution in [3.63, 3.8) is 0 Å². The molecule has 0 bridgehead atoms. The molecule has 1 N–H and O–H groups in total. The molecule has 28 heavy (non-hydrogen) atoms. The molecule has 0 saturated carbocycles. The van der Waals surface area contributed by atoms with Crippen LogP contribution in [0.25, 0.3) is 10.8 Å². The van der Waals surface area contributed by atoms with Crippen LogP contribution in [0.1, 0.15) is 5.56 Å². The number of ether oxygens (including phenoxy) is 1. The smallest absolute Gasteiger partial charge is 0.430 e. The van der Waals surface area contributed by atoms with Gasteiger partial charge >= 0.3 is 33.2 Å². The average Bonchev–Trinajstić information content (AvgIpc) is 2.51. The van der Waals surface area contributed by atoms with Gasteiger partial charge in [0, 0.05) is 6.42 Å². The molecular formula is C16H12F6O5S. The van der Waals surface area contributed by atoms with Crippen molar-refractivity contribution in [2.75, 3.05) is 6.61 Å². The van der Waals surface area contributed by atoms with E-state index in [-0.39, 0.29) is 6.42 Å². The molecule has 0 fully saturated rings. The van der Waals surface area contributed by atoms with E-state index in [2.05, 4.69) is 4.74 Å². The molecule has 0 atom stereocenters. The quantitative estimate of drug-likeness (QED) is 0.445. The SMILES string of the molecule is O=C(OCCc1cccc2ccccc12)C(C(F)(F)F)(C(F)(F)F)S(=O)(=O)O. The maximum absolute atomic E-state index is 13.0. The molecule has 2 aromatic carbocycles. The van der Waals surface area contributed by atoms with Gasteiger partial charge in [-0.15, -0.1) is 0 Å². The molecule has 0 spiro atoms. The van der Waals surface area contributed by atoms with E-state index in [0.717, 1.165) is 5.39 Å². The molecule has 0 amide bonds. The zero-order valence-electron chi connectivity index (χ0n) is 13.7. The molecule has 0 aromatic heterocycles. The first kappa shape index (κ1) is 22.0. The summed E-state index contributed by atoms with van der Waals surface area (Å²) in [7, 11) is -7.00. The van der Waals surface area contributed by atoms with E-state index in [1.54, 1.807) is 36.4 Å². The molecule has 0 aliphatic heterocycles. The number of alkyl halides is 6. The highest BCUT2D eigenvalue weighted by Gasteiger charge is 2.84. The number of carbonyl (C=O) groups is 1. The Labute approximate surface area is 154 Å². The topological polar surface area (TPSA) is 80.7 Å². The van der Waals surface area contributed by atoms with Crippen LogP contribution >= 0.6 is 0 Å². The van der Waals surface area contributed by atoms with Crippen LogP contribution in [0.4, 0.5) is 26.3 Å². The highest BCUT2D eigenvalue weighted by Crippen LogP contribution is 2.49. The van der Waals surface area contributed by atoms with Crippen LogP contribution in [0.5, 0.6) is 0 Å². The second kappa shape index (κ2) is 7.24. The van der Waals surface area contributed by atoms with Crippen LogP contribution in [0, 0.1) is 0 Å². The lowest BCUT2D eigenvalue weighted by molar-refractivity contribution is -0.268. The molecule has 0 aliphatic rings. The normalized spacial score (nSPS) is 13.5. The summed E-state index contributed by atoms with van der Waals surface area (Å²) in [5.41, 5.74) is 0.447. The number of halogens is 6. The van der Waals surface area contributed by atoms with E-state index in [9.17, 15) is 39.6 Å². The Hall–Kier alpha value is -2.34. The third-order valence-corrected chi connectivity index (χ3v) is 5.36. The summed E-state index contributed by atoms with van der Waals surface area (Å²) >= 11 is 0. The Bertz CT molecular complexity index is 962. The summed E-state index contributed by atoms with van der Waals surface area (Å²) in [5.74, 6) is -3.17. The average molecular weight is 430 g/mol. The number of esters is 1. The molecule has 0 radical (unpaired) electrons. The van der Waals surface area contributed by atoms with Crippen LogP contribution in [0.15, 0.2) is 42.5 Å². The second-order valence-corrected chi connectivity index (χ2v) is 7.24. The van der Waals surface area contributed by atoms with Gasteiger partial charge in [0.1, 0.15) is 0 Å². The van der Waals surface area contributed by atoms with Crippen molar-refractivity contribution in [3.8, 4) is 0 Å². The monoisotopic (exact) mass is 430 g/mol.